The van der Waals surface area contributed by atoms with E-state index in [4.69, 9.17) is 11.3 Å². The molecule has 1 fully saturated rings. The highest BCUT2D eigenvalue weighted by Crippen LogP contribution is 2.32. The molecule has 3 nitrogen and oxygen atoms in total. The topological polar surface area (TPSA) is 30.7 Å². The number of carbonyl (C=O) groups is 1. The van der Waals surface area contributed by atoms with Gasteiger partial charge >= 0.3 is 0 Å². The minimum Gasteiger partial charge on any atom is -0.501 e. The van der Waals surface area contributed by atoms with Gasteiger partial charge in [0.15, 0.2) is 0 Å². The summed E-state index contributed by atoms with van der Waals surface area (Å²) in [5.41, 5.74) is 0.938. The maximum atomic E-state index is 10.5. The fourth-order valence-corrected chi connectivity index (χ4v) is 1.46. The number of nitrogens with zero attached hydrogens (tertiary/aromatic N) is 1. The first-order valence-corrected chi connectivity index (χ1v) is 4.97. The third-order valence-electron chi connectivity index (χ3n) is 2.59. The summed E-state index contributed by atoms with van der Waals surface area (Å²) in [6.07, 6.45) is 4.32. The Bertz CT molecular complexity index is 416. The van der Waals surface area contributed by atoms with Gasteiger partial charge < -0.3 is 4.74 Å². The fraction of sp³-hybridized carbons (Fsp3) is 0.333. The van der Waals surface area contributed by atoms with Crippen LogP contribution < -0.4 is 4.74 Å². The molecule has 0 atom stereocenters. The first-order chi connectivity index (χ1) is 7.33. The minimum absolute atomic E-state index is 0.257. The highest BCUT2D eigenvalue weighted by atomic mass is 16.5. The second-order valence-electron chi connectivity index (χ2n) is 3.63. The van der Waals surface area contributed by atoms with Crippen molar-refractivity contribution in [1.29, 1.82) is 0 Å². The van der Waals surface area contributed by atoms with Crippen molar-refractivity contribution in [3.05, 3.63) is 35.2 Å². The van der Waals surface area contributed by atoms with Crippen LogP contribution in [0, 0.1) is 6.57 Å². The molecular weight excluding hydrogens is 190 g/mol. The molecule has 0 N–H and O–H groups in total. The lowest BCUT2D eigenvalue weighted by molar-refractivity contribution is 0.112. The van der Waals surface area contributed by atoms with Crippen molar-refractivity contribution in [2.24, 2.45) is 0 Å². The molecule has 1 aliphatic carbocycles. The van der Waals surface area contributed by atoms with Crippen molar-refractivity contribution in [1.82, 2.24) is 0 Å². The summed E-state index contributed by atoms with van der Waals surface area (Å²) in [5, 5.41) is 0. The van der Waals surface area contributed by atoms with E-state index in [0.29, 0.717) is 17.0 Å². The normalized spacial score (nSPS) is 15.1. The molecule has 0 saturated heterocycles. The summed E-state index contributed by atoms with van der Waals surface area (Å²) < 4.78 is 5.64. The standard InChI is InChI=1S/C12H11NO2/c1-13-11-7-9(8-14)5-6-12(11)15-10-3-2-4-10/h5-8,10H,2-4H2. The highest BCUT2D eigenvalue weighted by molar-refractivity contribution is 5.78. The number of aldehydes is 1. The van der Waals surface area contributed by atoms with Crippen LogP contribution >= 0.6 is 0 Å². The zero-order chi connectivity index (χ0) is 10.7. The van der Waals surface area contributed by atoms with Crippen LogP contribution in [0.15, 0.2) is 18.2 Å². The predicted molar refractivity (Wildman–Crippen MR) is 56.4 cm³/mol. The van der Waals surface area contributed by atoms with Gasteiger partial charge in [0, 0.05) is 5.56 Å². The Kier molecular flexibility index (Phi) is 2.68. The molecule has 0 aliphatic heterocycles. The molecular formula is C12H11NO2. The molecule has 1 aromatic carbocycles. The first-order valence-electron chi connectivity index (χ1n) is 4.97. The summed E-state index contributed by atoms with van der Waals surface area (Å²) in [6, 6.07) is 4.94. The first kappa shape index (κ1) is 9.72. The third-order valence-corrected chi connectivity index (χ3v) is 2.59. The van der Waals surface area contributed by atoms with Crippen LogP contribution in [0.25, 0.3) is 4.85 Å². The van der Waals surface area contributed by atoms with Crippen LogP contribution in [0.2, 0.25) is 0 Å². The highest BCUT2D eigenvalue weighted by Gasteiger charge is 2.20. The number of carbonyl (C=O) groups excluding carboxylic acids is 1. The number of rotatable bonds is 3. The van der Waals surface area contributed by atoms with E-state index in [2.05, 4.69) is 4.85 Å². The van der Waals surface area contributed by atoms with Crippen LogP contribution in [0.3, 0.4) is 0 Å². The molecule has 1 saturated carbocycles. The minimum atomic E-state index is 0.257. The Balaban J connectivity index is 2.22. The molecule has 15 heavy (non-hydrogen) atoms. The Morgan fingerprint density at radius 2 is 2.27 bits per heavy atom. The lowest BCUT2D eigenvalue weighted by Crippen LogP contribution is -2.24. The third kappa shape index (κ3) is 1.99. The van der Waals surface area contributed by atoms with Gasteiger partial charge in [0.25, 0.3) is 0 Å². The van der Waals surface area contributed by atoms with Gasteiger partial charge in [-0.05, 0) is 31.4 Å². The zero-order valence-electron chi connectivity index (χ0n) is 8.27. The Morgan fingerprint density at radius 3 is 2.80 bits per heavy atom. The molecule has 2 rings (SSSR count). The van der Waals surface area contributed by atoms with Gasteiger partial charge in [-0.15, -0.1) is 0 Å². The summed E-state index contributed by atoms with van der Waals surface area (Å²) in [7, 11) is 0. The molecule has 1 aromatic rings. The van der Waals surface area contributed by atoms with Crippen molar-refractivity contribution in [2.75, 3.05) is 0 Å². The average molecular weight is 201 g/mol. The van der Waals surface area contributed by atoms with E-state index >= 15 is 0 Å². The molecule has 0 amide bonds. The second kappa shape index (κ2) is 4.14. The SMILES string of the molecule is [C-]#[N+]c1cc(C=O)ccc1OC1CCC1. The molecule has 3 heteroatoms. The van der Waals surface area contributed by atoms with E-state index in [1.165, 1.54) is 6.42 Å². The Labute approximate surface area is 88.5 Å². The molecule has 0 radical (unpaired) electrons. The largest absolute Gasteiger partial charge is 0.501 e. The van der Waals surface area contributed by atoms with Gasteiger partial charge in [-0.2, -0.15) is 0 Å². The molecule has 0 bridgehead atoms. The maximum absolute atomic E-state index is 10.5. The molecule has 0 unspecified atom stereocenters. The van der Waals surface area contributed by atoms with Crippen LogP contribution in [0.5, 0.6) is 5.75 Å². The van der Waals surface area contributed by atoms with Gasteiger partial charge in [0.2, 0.25) is 5.69 Å². The Hall–Kier alpha value is -1.82. The Morgan fingerprint density at radius 1 is 1.47 bits per heavy atom. The monoisotopic (exact) mass is 201 g/mol. The summed E-state index contributed by atoms with van der Waals surface area (Å²) in [4.78, 5) is 13.9. The second-order valence-corrected chi connectivity index (χ2v) is 3.63. The van der Waals surface area contributed by atoms with Crippen molar-refractivity contribution in [3.8, 4) is 5.75 Å². The predicted octanol–water partition coefficient (Wildman–Crippen LogP) is 2.98. The van der Waals surface area contributed by atoms with E-state index in [-0.39, 0.29) is 6.10 Å². The fourth-order valence-electron chi connectivity index (χ4n) is 1.46. The molecule has 76 valence electrons. The van der Waals surface area contributed by atoms with E-state index < -0.39 is 0 Å². The van der Waals surface area contributed by atoms with Crippen molar-refractivity contribution < 1.29 is 9.53 Å². The van der Waals surface area contributed by atoms with Crippen molar-refractivity contribution >= 4 is 12.0 Å². The van der Waals surface area contributed by atoms with Gasteiger partial charge in [-0.25, -0.2) is 4.85 Å². The summed E-state index contributed by atoms with van der Waals surface area (Å²) >= 11 is 0. The van der Waals surface area contributed by atoms with Crippen LogP contribution in [-0.2, 0) is 0 Å². The smallest absolute Gasteiger partial charge is 0.228 e. The van der Waals surface area contributed by atoms with E-state index in [0.717, 1.165) is 19.1 Å². The van der Waals surface area contributed by atoms with Crippen molar-refractivity contribution in [2.45, 2.75) is 25.4 Å². The maximum Gasteiger partial charge on any atom is 0.228 e. The van der Waals surface area contributed by atoms with Gasteiger partial charge in [-0.1, -0.05) is 6.07 Å². The molecule has 0 spiro atoms. The van der Waals surface area contributed by atoms with Crippen LogP contribution in [0.4, 0.5) is 5.69 Å². The molecule has 0 heterocycles. The van der Waals surface area contributed by atoms with Crippen LogP contribution in [-0.4, -0.2) is 12.4 Å². The lowest BCUT2D eigenvalue weighted by atomic mass is 9.96. The van der Waals surface area contributed by atoms with Crippen LogP contribution in [0.1, 0.15) is 29.6 Å². The number of hydrogen-bond donors (Lipinski definition) is 0. The van der Waals surface area contributed by atoms with Gasteiger partial charge in [0.1, 0.15) is 12.0 Å². The van der Waals surface area contributed by atoms with E-state index in [9.17, 15) is 4.79 Å². The summed E-state index contributed by atoms with van der Waals surface area (Å²) in [6.45, 7) is 7.00. The number of benzene rings is 1. The number of ether oxygens (including phenoxy) is 1. The van der Waals surface area contributed by atoms with E-state index in [1.807, 2.05) is 0 Å². The number of hydrogen-bond acceptors (Lipinski definition) is 2. The van der Waals surface area contributed by atoms with Gasteiger partial charge in [-0.3, -0.25) is 4.79 Å². The van der Waals surface area contributed by atoms with E-state index in [1.54, 1.807) is 18.2 Å². The average Bonchev–Trinajstić information content (AvgIpc) is 2.23. The lowest BCUT2D eigenvalue weighted by Gasteiger charge is -2.27. The molecule has 0 aromatic heterocycles. The molecule has 1 aliphatic rings. The quantitative estimate of drug-likeness (QED) is 0.556. The zero-order valence-corrected chi connectivity index (χ0v) is 8.27. The van der Waals surface area contributed by atoms with Crippen molar-refractivity contribution in [3.63, 3.8) is 0 Å². The van der Waals surface area contributed by atoms with Gasteiger partial charge in [0.05, 0.1) is 12.7 Å². The summed E-state index contributed by atoms with van der Waals surface area (Å²) in [5.74, 6) is 0.598.